The van der Waals surface area contributed by atoms with Crippen molar-refractivity contribution < 1.29 is 62.5 Å². The van der Waals surface area contributed by atoms with Crippen molar-refractivity contribution in [3.63, 3.8) is 0 Å². The van der Waals surface area contributed by atoms with Gasteiger partial charge in [-0.1, -0.05) is 70.2 Å². The fraction of sp³-hybridized carbons (Fsp3) is 0.717. The summed E-state index contributed by atoms with van der Waals surface area (Å²) in [6, 6.07) is 7.22. The molecule has 0 bridgehead atoms. The van der Waals surface area contributed by atoms with E-state index < -0.39 is 69.9 Å². The van der Waals surface area contributed by atoms with E-state index in [0.29, 0.717) is 34.8 Å². The maximum atomic E-state index is 13.4. The van der Waals surface area contributed by atoms with Crippen LogP contribution in [0.5, 0.6) is 0 Å². The number of aliphatic carboxylic acids is 1. The van der Waals surface area contributed by atoms with Crippen LogP contribution in [0.25, 0.3) is 11.0 Å². The number of hydrogen-bond donors (Lipinski definition) is 2. The van der Waals surface area contributed by atoms with Crippen molar-refractivity contribution in [1.82, 2.24) is 29.2 Å². The molecule has 0 radical (unpaired) electrons. The number of alkyl halides is 2. The number of nitrogens with zero attached hydrogens (tertiary/aromatic N) is 8. The highest BCUT2D eigenvalue weighted by molar-refractivity contribution is 6.52. The van der Waals surface area contributed by atoms with Gasteiger partial charge in [0.1, 0.15) is 58.4 Å². The molecule has 2 saturated carbocycles. The van der Waals surface area contributed by atoms with E-state index in [1.807, 2.05) is 88.3 Å². The molecular weight excluding hydrogens is 1100 g/mol. The number of anilines is 2. The minimum atomic E-state index is -1.84. The zero-order chi connectivity index (χ0) is 56.3. The van der Waals surface area contributed by atoms with Gasteiger partial charge >= 0.3 is 18.2 Å². The van der Waals surface area contributed by atoms with Gasteiger partial charge in [-0.15, -0.1) is 10.2 Å². The largest absolute Gasteiger partial charge is 0.479 e. The van der Waals surface area contributed by atoms with E-state index in [9.17, 15) is 19.5 Å². The number of carbonyl (C=O) groups excluding carboxylic acids is 2. The lowest BCUT2D eigenvalue weighted by Gasteiger charge is -2.32. The van der Waals surface area contributed by atoms with Crippen LogP contribution in [0, 0.1) is 0 Å². The van der Waals surface area contributed by atoms with Gasteiger partial charge in [0.15, 0.2) is 23.2 Å². The summed E-state index contributed by atoms with van der Waals surface area (Å²) in [6.07, 6.45) is 5.52. The lowest BCUT2D eigenvalue weighted by Crippen LogP contribution is -2.44. The summed E-state index contributed by atoms with van der Waals surface area (Å²) in [4.78, 5) is 47.2. The second-order valence-electron chi connectivity index (χ2n) is 23.0. The van der Waals surface area contributed by atoms with E-state index in [4.69, 9.17) is 89.4 Å². The second-order valence-corrected chi connectivity index (χ2v) is 24.8. The molecule has 4 aromatic rings. The van der Waals surface area contributed by atoms with Gasteiger partial charge in [-0.2, -0.15) is 9.97 Å². The first-order valence-corrected chi connectivity index (χ1v) is 28.0. The zero-order valence-electron chi connectivity index (χ0n) is 45.6. The maximum Gasteiger partial charge on any atom is 0.416 e. The molecule has 6 fully saturated rings. The molecule has 1 unspecified atom stereocenters. The van der Waals surface area contributed by atoms with Crippen molar-refractivity contribution in [2.75, 3.05) is 9.80 Å². The van der Waals surface area contributed by atoms with Crippen LogP contribution in [0.3, 0.4) is 0 Å². The Morgan fingerprint density at radius 1 is 0.692 bits per heavy atom. The number of fused-ring (bicyclic) bond motifs is 4. The van der Waals surface area contributed by atoms with E-state index in [2.05, 4.69) is 27.1 Å². The monoisotopic (exact) mass is 1170 g/mol. The summed E-state index contributed by atoms with van der Waals surface area (Å²) >= 11 is 22.4. The van der Waals surface area contributed by atoms with Crippen molar-refractivity contribution in [1.29, 1.82) is 0 Å². The Kier molecular flexibility index (Phi) is 18.6. The van der Waals surface area contributed by atoms with Crippen LogP contribution in [0.1, 0.15) is 172 Å². The molecule has 434 valence electrons. The molecule has 25 heteroatoms. The van der Waals surface area contributed by atoms with Crippen LogP contribution in [-0.4, -0.2) is 134 Å². The molecule has 0 aromatic carbocycles. The smallest absolute Gasteiger partial charge is 0.416 e. The summed E-state index contributed by atoms with van der Waals surface area (Å²) in [5.74, 6) is -3.84. The normalized spacial score (nSPS) is 27.4. The molecule has 8 heterocycles. The van der Waals surface area contributed by atoms with Crippen LogP contribution in [0.2, 0.25) is 10.6 Å². The van der Waals surface area contributed by atoms with Gasteiger partial charge in [0, 0.05) is 12.1 Å². The molecule has 78 heavy (non-hydrogen) atoms. The number of amides is 2. The Balaban J connectivity index is 0.000000203. The first-order chi connectivity index (χ1) is 35.9. The average molecular weight is 1180 g/mol. The van der Waals surface area contributed by atoms with E-state index in [1.165, 1.54) is 4.52 Å². The van der Waals surface area contributed by atoms with Crippen molar-refractivity contribution in [2.45, 2.75) is 243 Å². The molecule has 10 rings (SSSR count). The van der Waals surface area contributed by atoms with Crippen molar-refractivity contribution >= 4 is 87.2 Å². The van der Waals surface area contributed by atoms with E-state index in [0.717, 1.165) is 63.5 Å². The Morgan fingerprint density at radius 2 is 1.13 bits per heavy atom. The lowest BCUT2D eigenvalue weighted by molar-refractivity contribution is -0.283. The highest BCUT2D eigenvalue weighted by Gasteiger charge is 2.64. The SMILES string of the molecule is C.CC[C@H]1OC(O)(c2ccc3c(N(C(=O)OC(C)(C)C)C4CCCC4)nc(Cl)nn23)[C@@H]2OC(C)(C)O[C@@H]21.CC[C@H]1O[C@H](c2ccc3c(N(C(=O)OC(C)(C)C)C4CCCC4)nc(Cl)nn23)[C@@H]2OC(C)(C)O[C@@H]21.O=C(O)C(Cl)Cl. The lowest BCUT2D eigenvalue weighted by atomic mass is 10.0. The predicted molar refractivity (Wildman–Crippen MR) is 292 cm³/mol. The first-order valence-electron chi connectivity index (χ1n) is 26.4. The number of carboxylic acids is 1. The van der Waals surface area contributed by atoms with Gasteiger partial charge in [-0.05, 0) is 155 Å². The van der Waals surface area contributed by atoms with Crippen LogP contribution >= 0.6 is 46.4 Å². The van der Waals surface area contributed by atoms with Crippen molar-refractivity contribution in [2.24, 2.45) is 0 Å². The summed E-state index contributed by atoms with van der Waals surface area (Å²) in [6.45, 7) is 22.6. The fourth-order valence-electron chi connectivity index (χ4n) is 11.0. The molecular formula is C53H76Cl4N8O13. The molecule has 21 nitrogen and oxygen atoms in total. The average Bonchev–Trinajstić information content (AvgIpc) is 4.20. The number of aromatic nitrogens is 6. The molecule has 0 spiro atoms. The van der Waals surface area contributed by atoms with E-state index >= 15 is 0 Å². The maximum absolute atomic E-state index is 13.4. The summed E-state index contributed by atoms with van der Waals surface area (Å²) in [5.41, 5.74) is 0.957. The number of aliphatic hydroxyl groups is 1. The second kappa shape index (κ2) is 23.5. The third-order valence-electron chi connectivity index (χ3n) is 14.0. The van der Waals surface area contributed by atoms with Gasteiger partial charge in [-0.25, -0.2) is 23.4 Å². The quantitative estimate of drug-likeness (QED) is 0.148. The van der Waals surface area contributed by atoms with E-state index in [-0.39, 0.29) is 54.5 Å². The third kappa shape index (κ3) is 13.1. The molecule has 6 aliphatic rings. The Labute approximate surface area is 475 Å². The highest BCUT2D eigenvalue weighted by Crippen LogP contribution is 2.50. The van der Waals surface area contributed by atoms with Gasteiger partial charge in [-0.3, -0.25) is 9.80 Å². The molecule has 2 amide bonds. The molecule has 4 aromatic heterocycles. The third-order valence-corrected chi connectivity index (χ3v) is 14.7. The van der Waals surface area contributed by atoms with Gasteiger partial charge in [0.25, 0.3) is 0 Å². The van der Waals surface area contributed by atoms with E-state index in [1.54, 1.807) is 26.4 Å². The minimum absolute atomic E-state index is 0. The number of carbonyl (C=O) groups is 3. The molecule has 4 aliphatic heterocycles. The number of halogens is 4. The Morgan fingerprint density at radius 3 is 1.60 bits per heavy atom. The molecule has 4 saturated heterocycles. The Bertz CT molecular complexity index is 2790. The summed E-state index contributed by atoms with van der Waals surface area (Å²) in [5, 5.41) is 28.5. The topological polar surface area (TPSA) is 232 Å². The van der Waals surface area contributed by atoms with Crippen LogP contribution in [0.15, 0.2) is 24.3 Å². The summed E-state index contributed by atoms with van der Waals surface area (Å²) in [7, 11) is 0. The minimum Gasteiger partial charge on any atom is -0.479 e. The van der Waals surface area contributed by atoms with Crippen molar-refractivity contribution in [3.05, 3.63) is 46.2 Å². The van der Waals surface area contributed by atoms with Gasteiger partial charge in [0.05, 0.1) is 17.9 Å². The van der Waals surface area contributed by atoms with Gasteiger partial charge in [0.2, 0.25) is 21.2 Å². The van der Waals surface area contributed by atoms with Gasteiger partial charge < -0.3 is 48.1 Å². The molecule has 2 aliphatic carbocycles. The number of rotatable bonds is 9. The molecule has 8 atom stereocenters. The summed E-state index contributed by atoms with van der Waals surface area (Å²) < 4.78 is 51.9. The number of ether oxygens (including phenoxy) is 8. The first kappa shape index (κ1) is 61.7. The highest BCUT2D eigenvalue weighted by atomic mass is 35.5. The number of hydrogen-bond acceptors (Lipinski definition) is 16. The number of carboxylic acid groups (broad SMARTS) is 1. The fourth-order valence-corrected chi connectivity index (χ4v) is 11.3. The van der Waals surface area contributed by atoms with Crippen LogP contribution in [-0.2, 0) is 48.5 Å². The predicted octanol–water partition coefficient (Wildman–Crippen LogP) is 11.5. The molecule has 2 N–H and O–H groups in total. The van der Waals surface area contributed by atoms with Crippen molar-refractivity contribution in [3.8, 4) is 0 Å². The standard InChI is InChI=1S/C25H35ClN4O6.C25H35ClN4O5.C2H2Cl2O2.CH4/c1-7-16-18-19(35-24(5,6)34-18)25(32,33-16)17-13-12-15-20(27-21(26)28-30(15)17)29(14-10-8-9-11-14)22(31)36-23(2,3)4;1-7-17-19-20(34-25(5,6)33-19)18(32-17)15-12-13-16-21(27-22(26)28-30(15)16)29(14-10-8-9-11-14)23(31)35-24(2,3)4;3-1(4)2(5)6;/h12-14,16,18-19,32H,7-11H2,1-6H3;12-14,17-20H,7-11H2,1-6H3;1H,(H,5,6);1H4/t16-,18-,19-,25?;17-,18-,19-,20+;;/m11../s1. The van der Waals surface area contributed by atoms with Crippen LogP contribution < -0.4 is 9.80 Å². The van der Waals surface area contributed by atoms with Crippen LogP contribution in [0.4, 0.5) is 21.2 Å². The zero-order valence-corrected chi connectivity index (χ0v) is 48.7. The Hall–Kier alpha value is -3.87.